The van der Waals surface area contributed by atoms with Crippen LogP contribution in [0.2, 0.25) is 0 Å². The van der Waals surface area contributed by atoms with E-state index in [0.29, 0.717) is 25.4 Å². The van der Waals surface area contributed by atoms with E-state index < -0.39 is 0 Å². The number of hydrogen-bond acceptors (Lipinski definition) is 4. The molecule has 2 rings (SSSR count). The minimum Gasteiger partial charge on any atom is -0.368 e. The minimum atomic E-state index is 0.211. The lowest BCUT2D eigenvalue weighted by Crippen LogP contribution is -2.31. The summed E-state index contributed by atoms with van der Waals surface area (Å²) in [6, 6.07) is 5.72. The van der Waals surface area contributed by atoms with Crippen LogP contribution >= 0.6 is 0 Å². The number of aromatic nitrogens is 1. The maximum absolute atomic E-state index is 11.6. The molecule has 2 heterocycles. The number of hydrogen-bond donors (Lipinski definition) is 2. The number of nitrogens with two attached hydrogens (primary N) is 1. The molecule has 1 unspecified atom stereocenters. The number of nitrogens with one attached hydrogen (secondary N) is 1. The number of nitrogens with zero attached hydrogens (tertiary/aromatic N) is 2. The first-order chi connectivity index (χ1) is 8.29. The monoisotopic (exact) mass is 234 g/mol. The number of amides is 1. The molecular weight excluding hydrogens is 216 g/mol. The fourth-order valence-electron chi connectivity index (χ4n) is 2.01. The zero-order valence-corrected chi connectivity index (χ0v) is 9.80. The largest absolute Gasteiger partial charge is 0.368 e. The molecule has 1 atom stereocenters. The molecule has 1 aliphatic rings. The summed E-state index contributed by atoms with van der Waals surface area (Å²) in [5.74, 6) is 1.38. The second-order valence-electron chi connectivity index (χ2n) is 4.29. The third-order valence-electron chi connectivity index (χ3n) is 2.98. The fourth-order valence-corrected chi connectivity index (χ4v) is 2.01. The van der Waals surface area contributed by atoms with E-state index >= 15 is 0 Å². The topological polar surface area (TPSA) is 71.2 Å². The van der Waals surface area contributed by atoms with Crippen molar-refractivity contribution in [2.75, 3.05) is 31.5 Å². The van der Waals surface area contributed by atoms with Crippen LogP contribution in [0.15, 0.2) is 24.4 Å². The summed E-state index contributed by atoms with van der Waals surface area (Å²) in [4.78, 5) is 17.6. The molecule has 5 heteroatoms. The third-order valence-corrected chi connectivity index (χ3v) is 2.98. The highest BCUT2D eigenvalue weighted by Gasteiger charge is 2.27. The molecule has 0 saturated carbocycles. The van der Waals surface area contributed by atoms with Crippen LogP contribution in [0.4, 0.5) is 5.82 Å². The van der Waals surface area contributed by atoms with Gasteiger partial charge in [-0.2, -0.15) is 0 Å². The Morgan fingerprint density at radius 3 is 3.06 bits per heavy atom. The Balaban J connectivity index is 1.74. The Hall–Kier alpha value is -1.62. The summed E-state index contributed by atoms with van der Waals surface area (Å²) < 4.78 is 0. The van der Waals surface area contributed by atoms with Gasteiger partial charge in [0, 0.05) is 32.3 Å². The molecule has 1 saturated heterocycles. The van der Waals surface area contributed by atoms with Crippen molar-refractivity contribution in [1.82, 2.24) is 9.88 Å². The van der Waals surface area contributed by atoms with Crippen LogP contribution in [0.1, 0.15) is 6.42 Å². The molecule has 0 aromatic carbocycles. The van der Waals surface area contributed by atoms with E-state index in [1.165, 1.54) is 0 Å². The van der Waals surface area contributed by atoms with Crippen LogP contribution in [0.3, 0.4) is 0 Å². The molecule has 0 aliphatic carbocycles. The molecule has 1 aliphatic heterocycles. The zero-order chi connectivity index (χ0) is 12.1. The normalized spacial score (nSPS) is 19.7. The first-order valence-corrected chi connectivity index (χ1v) is 5.92. The summed E-state index contributed by atoms with van der Waals surface area (Å²) in [5, 5.41) is 3.19. The molecule has 1 aromatic heterocycles. The standard InChI is InChI=1S/C12H18N4O/c13-8-10-7-12(17)16(9-10)6-5-15-11-3-1-2-4-14-11/h1-4,10H,5-9,13H2,(H,14,15). The maximum atomic E-state index is 11.6. The molecule has 3 N–H and O–H groups in total. The van der Waals surface area contributed by atoms with Gasteiger partial charge in [0.1, 0.15) is 5.82 Å². The predicted molar refractivity (Wildman–Crippen MR) is 66.5 cm³/mol. The van der Waals surface area contributed by atoms with Crippen molar-refractivity contribution in [3.63, 3.8) is 0 Å². The summed E-state index contributed by atoms with van der Waals surface area (Å²) in [7, 11) is 0. The number of anilines is 1. The zero-order valence-electron chi connectivity index (χ0n) is 9.80. The lowest BCUT2D eigenvalue weighted by molar-refractivity contribution is -0.127. The Bertz CT molecular complexity index is 368. The number of carbonyl (C=O) groups is 1. The second kappa shape index (κ2) is 5.63. The highest BCUT2D eigenvalue weighted by Crippen LogP contribution is 2.15. The first-order valence-electron chi connectivity index (χ1n) is 5.92. The van der Waals surface area contributed by atoms with Crippen LogP contribution in [0.5, 0.6) is 0 Å². The van der Waals surface area contributed by atoms with Crippen LogP contribution < -0.4 is 11.1 Å². The summed E-state index contributed by atoms with van der Waals surface area (Å²) in [6.45, 7) is 2.82. The highest BCUT2D eigenvalue weighted by molar-refractivity contribution is 5.78. The molecule has 0 bridgehead atoms. The van der Waals surface area contributed by atoms with Crippen LogP contribution in [0, 0.1) is 5.92 Å². The van der Waals surface area contributed by atoms with Gasteiger partial charge in [-0.3, -0.25) is 4.79 Å². The fraction of sp³-hybridized carbons (Fsp3) is 0.500. The van der Waals surface area contributed by atoms with Crippen molar-refractivity contribution < 1.29 is 4.79 Å². The summed E-state index contributed by atoms with van der Waals surface area (Å²) in [5.41, 5.74) is 5.57. The predicted octanol–water partition coefficient (Wildman–Crippen LogP) is 0.301. The van der Waals surface area contributed by atoms with Gasteiger partial charge in [-0.05, 0) is 24.6 Å². The minimum absolute atomic E-state index is 0.211. The van der Waals surface area contributed by atoms with Crippen molar-refractivity contribution in [2.45, 2.75) is 6.42 Å². The molecule has 0 spiro atoms. The molecule has 0 radical (unpaired) electrons. The molecule has 1 aromatic rings. The van der Waals surface area contributed by atoms with E-state index in [2.05, 4.69) is 10.3 Å². The van der Waals surface area contributed by atoms with Gasteiger partial charge in [-0.1, -0.05) is 6.07 Å². The number of likely N-dealkylation sites (tertiary alicyclic amines) is 1. The van der Waals surface area contributed by atoms with Gasteiger partial charge in [-0.25, -0.2) is 4.98 Å². The SMILES string of the molecule is NCC1CC(=O)N(CCNc2ccccn2)C1. The van der Waals surface area contributed by atoms with E-state index in [1.807, 2.05) is 23.1 Å². The third kappa shape index (κ3) is 3.17. The van der Waals surface area contributed by atoms with E-state index in [4.69, 9.17) is 5.73 Å². The van der Waals surface area contributed by atoms with Crippen molar-refractivity contribution in [3.8, 4) is 0 Å². The van der Waals surface area contributed by atoms with Gasteiger partial charge < -0.3 is 16.0 Å². The van der Waals surface area contributed by atoms with Crippen molar-refractivity contribution in [2.24, 2.45) is 11.7 Å². The van der Waals surface area contributed by atoms with Gasteiger partial charge in [0.05, 0.1) is 0 Å². The average molecular weight is 234 g/mol. The maximum Gasteiger partial charge on any atom is 0.223 e. The van der Waals surface area contributed by atoms with Gasteiger partial charge >= 0.3 is 0 Å². The number of pyridine rings is 1. The van der Waals surface area contributed by atoms with Crippen molar-refractivity contribution >= 4 is 11.7 Å². The molecule has 17 heavy (non-hydrogen) atoms. The Morgan fingerprint density at radius 2 is 2.41 bits per heavy atom. The number of rotatable bonds is 5. The molecule has 5 nitrogen and oxygen atoms in total. The molecule has 1 fully saturated rings. The van der Waals surface area contributed by atoms with Crippen molar-refractivity contribution in [3.05, 3.63) is 24.4 Å². The summed E-state index contributed by atoms with van der Waals surface area (Å²) in [6.07, 6.45) is 2.34. The van der Waals surface area contributed by atoms with E-state index in [1.54, 1.807) is 6.20 Å². The van der Waals surface area contributed by atoms with Crippen molar-refractivity contribution in [1.29, 1.82) is 0 Å². The second-order valence-corrected chi connectivity index (χ2v) is 4.29. The van der Waals surface area contributed by atoms with Crippen LogP contribution in [-0.4, -0.2) is 42.0 Å². The van der Waals surface area contributed by atoms with Crippen LogP contribution in [0.25, 0.3) is 0 Å². The highest BCUT2D eigenvalue weighted by atomic mass is 16.2. The summed E-state index contributed by atoms with van der Waals surface area (Å²) >= 11 is 0. The van der Waals surface area contributed by atoms with Gasteiger partial charge in [-0.15, -0.1) is 0 Å². The van der Waals surface area contributed by atoms with E-state index in [0.717, 1.165) is 18.9 Å². The lowest BCUT2D eigenvalue weighted by atomic mass is 10.1. The quantitative estimate of drug-likeness (QED) is 0.768. The number of carbonyl (C=O) groups excluding carboxylic acids is 1. The van der Waals surface area contributed by atoms with E-state index in [9.17, 15) is 4.79 Å². The Morgan fingerprint density at radius 1 is 1.53 bits per heavy atom. The molecule has 1 amide bonds. The molecule has 92 valence electrons. The lowest BCUT2D eigenvalue weighted by Gasteiger charge is -2.16. The smallest absolute Gasteiger partial charge is 0.223 e. The molecular formula is C12H18N4O. The Labute approximate surface area is 101 Å². The van der Waals surface area contributed by atoms with Gasteiger partial charge in [0.15, 0.2) is 0 Å². The Kier molecular flexibility index (Phi) is 3.93. The first kappa shape index (κ1) is 11.9. The average Bonchev–Trinajstić information content (AvgIpc) is 2.72. The van der Waals surface area contributed by atoms with Gasteiger partial charge in [0.25, 0.3) is 0 Å². The van der Waals surface area contributed by atoms with Crippen LogP contribution in [-0.2, 0) is 4.79 Å². The van der Waals surface area contributed by atoms with Gasteiger partial charge in [0.2, 0.25) is 5.91 Å². The van der Waals surface area contributed by atoms with E-state index in [-0.39, 0.29) is 5.91 Å².